The smallest absolute Gasteiger partial charge is 0.412 e. The van der Waals surface area contributed by atoms with Gasteiger partial charge in [0, 0.05) is 5.56 Å². The first-order valence-electron chi connectivity index (χ1n) is 8.06. The monoisotopic (exact) mass is 418 g/mol. The van der Waals surface area contributed by atoms with Crippen LogP contribution in [0.5, 0.6) is 11.5 Å². The van der Waals surface area contributed by atoms with E-state index in [0.717, 1.165) is 10.4 Å². The van der Waals surface area contributed by atoms with Gasteiger partial charge < -0.3 is 14.2 Å². The highest BCUT2D eigenvalue weighted by molar-refractivity contribution is 7.21. The van der Waals surface area contributed by atoms with Crippen molar-refractivity contribution in [1.29, 1.82) is 0 Å². The molecule has 2 heterocycles. The Bertz CT molecular complexity index is 970. The van der Waals surface area contributed by atoms with Crippen molar-refractivity contribution in [3.8, 4) is 22.1 Å². The fraction of sp³-hybridized carbons (Fsp3) is 0.167. The Morgan fingerprint density at radius 2 is 2.04 bits per heavy atom. The van der Waals surface area contributed by atoms with Crippen LogP contribution in [-0.4, -0.2) is 38.6 Å². The summed E-state index contributed by atoms with van der Waals surface area (Å²) in [5.74, 6) is 1.20. The van der Waals surface area contributed by atoms with E-state index in [0.29, 0.717) is 27.3 Å². The normalized spacial score (nSPS) is 10.7. The molecule has 1 amide bonds. The summed E-state index contributed by atoms with van der Waals surface area (Å²) in [7, 11) is 4.46. The van der Waals surface area contributed by atoms with Crippen LogP contribution in [0.1, 0.15) is 5.56 Å². The van der Waals surface area contributed by atoms with Crippen LogP contribution >= 0.6 is 22.7 Å². The first-order valence-corrected chi connectivity index (χ1v) is 9.75. The van der Waals surface area contributed by atoms with E-state index in [4.69, 9.17) is 9.47 Å². The molecule has 10 heteroatoms. The molecule has 8 nitrogen and oxygen atoms in total. The Morgan fingerprint density at radius 3 is 2.71 bits per heavy atom. The number of methoxy groups -OCH3 is 3. The highest BCUT2D eigenvalue weighted by atomic mass is 32.1. The molecule has 0 aliphatic carbocycles. The number of hydrogen-bond donors (Lipinski definition) is 2. The molecular formula is C18H18N4O4S2. The van der Waals surface area contributed by atoms with E-state index in [-0.39, 0.29) is 0 Å². The summed E-state index contributed by atoms with van der Waals surface area (Å²) >= 11 is 2.78. The summed E-state index contributed by atoms with van der Waals surface area (Å²) in [6.45, 7) is 0. The van der Waals surface area contributed by atoms with Crippen molar-refractivity contribution < 1.29 is 19.0 Å². The maximum atomic E-state index is 11.6. The van der Waals surface area contributed by atoms with E-state index in [1.165, 1.54) is 29.8 Å². The molecule has 3 aromatic rings. The Labute approximate surface area is 169 Å². The van der Waals surface area contributed by atoms with Gasteiger partial charge >= 0.3 is 6.09 Å². The van der Waals surface area contributed by atoms with Crippen LogP contribution in [0.15, 0.2) is 40.8 Å². The number of carbonyl (C=O) groups excluding carboxylic acids is 1. The highest BCUT2D eigenvalue weighted by Crippen LogP contribution is 2.38. The molecule has 0 fully saturated rings. The van der Waals surface area contributed by atoms with Crippen molar-refractivity contribution >= 4 is 45.1 Å². The van der Waals surface area contributed by atoms with Gasteiger partial charge in [-0.05, 0) is 23.6 Å². The van der Waals surface area contributed by atoms with E-state index in [2.05, 4.69) is 25.6 Å². The number of anilines is 2. The van der Waals surface area contributed by atoms with Crippen LogP contribution in [0, 0.1) is 0 Å². The fourth-order valence-electron chi connectivity index (χ4n) is 2.35. The van der Waals surface area contributed by atoms with Crippen molar-refractivity contribution in [3.63, 3.8) is 0 Å². The van der Waals surface area contributed by atoms with Crippen molar-refractivity contribution in [2.24, 2.45) is 5.10 Å². The predicted molar refractivity (Wildman–Crippen MR) is 112 cm³/mol. The number of thiazole rings is 1. The van der Waals surface area contributed by atoms with Gasteiger partial charge in [0.05, 0.1) is 32.4 Å². The number of rotatable bonds is 7. The molecule has 2 N–H and O–H groups in total. The van der Waals surface area contributed by atoms with Gasteiger partial charge in [-0.2, -0.15) is 5.10 Å². The topological polar surface area (TPSA) is 94.1 Å². The molecule has 28 heavy (non-hydrogen) atoms. The van der Waals surface area contributed by atoms with Gasteiger partial charge in [0.2, 0.25) is 5.13 Å². The lowest BCUT2D eigenvalue weighted by atomic mass is 10.2. The zero-order chi connectivity index (χ0) is 19.9. The van der Waals surface area contributed by atoms with Gasteiger partial charge in [0.1, 0.15) is 10.7 Å². The van der Waals surface area contributed by atoms with Crippen LogP contribution < -0.4 is 20.2 Å². The van der Waals surface area contributed by atoms with Crippen LogP contribution in [0.25, 0.3) is 10.6 Å². The second-order valence-corrected chi connectivity index (χ2v) is 7.19. The Kier molecular flexibility index (Phi) is 6.45. The molecule has 0 radical (unpaired) electrons. The second kappa shape index (κ2) is 9.20. The molecule has 0 saturated carbocycles. The van der Waals surface area contributed by atoms with Crippen molar-refractivity contribution in [3.05, 3.63) is 41.3 Å². The summed E-state index contributed by atoms with van der Waals surface area (Å²) < 4.78 is 15.3. The van der Waals surface area contributed by atoms with Crippen molar-refractivity contribution in [1.82, 2.24) is 4.98 Å². The number of aromatic nitrogens is 1. The quantitative estimate of drug-likeness (QED) is 0.433. The van der Waals surface area contributed by atoms with Gasteiger partial charge in [-0.25, -0.2) is 9.78 Å². The van der Waals surface area contributed by atoms with E-state index in [1.54, 1.807) is 20.4 Å². The number of ether oxygens (including phenoxy) is 3. The van der Waals surface area contributed by atoms with Crippen molar-refractivity contribution in [2.45, 2.75) is 0 Å². The average molecular weight is 419 g/mol. The molecule has 0 atom stereocenters. The van der Waals surface area contributed by atoms with Gasteiger partial charge in [-0.3, -0.25) is 10.7 Å². The molecule has 0 bridgehead atoms. The largest absolute Gasteiger partial charge is 0.493 e. The molecule has 0 aliphatic heterocycles. The molecule has 0 aliphatic rings. The van der Waals surface area contributed by atoms with Gasteiger partial charge in [-0.15, -0.1) is 11.3 Å². The summed E-state index contributed by atoms with van der Waals surface area (Å²) in [4.78, 5) is 17.1. The van der Waals surface area contributed by atoms with E-state index in [1.807, 2.05) is 35.7 Å². The third kappa shape index (κ3) is 4.41. The number of para-hydroxylation sites is 1. The number of thiophene rings is 1. The van der Waals surface area contributed by atoms with Crippen LogP contribution in [0.3, 0.4) is 0 Å². The standard InChI is InChI=1S/C18H18N4O4S2/c1-24-12-7-4-6-11(15(12)25-2)10-19-22-17-20-14(13-8-5-9-27-13)16(28-17)21-18(23)26-3/h4-10H,1-3H3,(H,20,22)(H,21,23)/b19-10+. The highest BCUT2D eigenvalue weighted by Gasteiger charge is 2.16. The number of amides is 1. The molecule has 0 spiro atoms. The lowest BCUT2D eigenvalue weighted by molar-refractivity contribution is 0.187. The molecule has 0 unspecified atom stereocenters. The Morgan fingerprint density at radius 1 is 1.18 bits per heavy atom. The Balaban J connectivity index is 1.82. The van der Waals surface area contributed by atoms with Crippen molar-refractivity contribution in [2.75, 3.05) is 32.1 Å². The summed E-state index contributed by atoms with van der Waals surface area (Å²) in [6.07, 6.45) is 1.05. The van der Waals surface area contributed by atoms with Gasteiger partial charge in [0.25, 0.3) is 0 Å². The second-order valence-electron chi connectivity index (χ2n) is 5.24. The SMILES string of the molecule is COC(=O)Nc1sc(N/N=C/c2cccc(OC)c2OC)nc1-c1cccs1. The van der Waals surface area contributed by atoms with Crippen LogP contribution in [0.4, 0.5) is 14.9 Å². The number of hydrazone groups is 1. The molecule has 3 rings (SSSR count). The number of carbonyl (C=O) groups is 1. The number of nitrogens with zero attached hydrogens (tertiary/aromatic N) is 2. The zero-order valence-corrected chi connectivity index (χ0v) is 17.0. The predicted octanol–water partition coefficient (Wildman–Crippen LogP) is 4.51. The van der Waals surface area contributed by atoms with Crippen LogP contribution in [0.2, 0.25) is 0 Å². The maximum absolute atomic E-state index is 11.6. The van der Waals surface area contributed by atoms with Crippen LogP contribution in [-0.2, 0) is 4.74 Å². The molecule has 1 aromatic carbocycles. The molecule has 0 saturated heterocycles. The van der Waals surface area contributed by atoms with E-state index >= 15 is 0 Å². The lowest BCUT2D eigenvalue weighted by Gasteiger charge is -2.09. The fourth-order valence-corrected chi connectivity index (χ4v) is 3.95. The number of hydrogen-bond acceptors (Lipinski definition) is 9. The molecule has 146 valence electrons. The minimum absolute atomic E-state index is 0.521. The minimum atomic E-state index is -0.558. The minimum Gasteiger partial charge on any atom is -0.493 e. The summed E-state index contributed by atoms with van der Waals surface area (Å²) in [6, 6.07) is 9.36. The first kappa shape index (κ1) is 19.6. The Hall–Kier alpha value is -3.11. The lowest BCUT2D eigenvalue weighted by Crippen LogP contribution is -2.10. The summed E-state index contributed by atoms with van der Waals surface area (Å²) in [5.41, 5.74) is 4.29. The van der Waals surface area contributed by atoms with Gasteiger partial charge in [0.15, 0.2) is 11.5 Å². The average Bonchev–Trinajstić information content (AvgIpc) is 3.37. The summed E-state index contributed by atoms with van der Waals surface area (Å²) in [5, 5.41) is 9.95. The molecular weight excluding hydrogens is 400 g/mol. The van der Waals surface area contributed by atoms with E-state index in [9.17, 15) is 4.79 Å². The third-order valence-electron chi connectivity index (χ3n) is 3.58. The number of nitrogens with one attached hydrogen (secondary N) is 2. The zero-order valence-electron chi connectivity index (χ0n) is 15.4. The maximum Gasteiger partial charge on any atom is 0.412 e. The molecule has 2 aromatic heterocycles. The first-order chi connectivity index (χ1) is 13.7. The van der Waals surface area contributed by atoms with Gasteiger partial charge in [-0.1, -0.05) is 23.5 Å². The number of benzene rings is 1. The third-order valence-corrected chi connectivity index (χ3v) is 5.33. The van der Waals surface area contributed by atoms with E-state index < -0.39 is 6.09 Å².